The van der Waals surface area contributed by atoms with Gasteiger partial charge in [-0.15, -0.1) is 11.8 Å². The second-order valence-corrected chi connectivity index (χ2v) is 6.08. The first kappa shape index (κ1) is 10.4. The van der Waals surface area contributed by atoms with Crippen molar-refractivity contribution in [1.82, 2.24) is 0 Å². The van der Waals surface area contributed by atoms with E-state index in [4.69, 9.17) is 0 Å². The first-order valence-corrected chi connectivity index (χ1v) is 6.50. The van der Waals surface area contributed by atoms with Crippen molar-refractivity contribution in [2.45, 2.75) is 61.5 Å². The van der Waals surface area contributed by atoms with Crippen molar-refractivity contribution >= 4 is 11.8 Å². The third-order valence-corrected chi connectivity index (χ3v) is 4.70. The van der Waals surface area contributed by atoms with Gasteiger partial charge in [0.25, 0.3) is 0 Å². The monoisotopic (exact) mass is 210 g/mol. The second-order valence-electron chi connectivity index (χ2n) is 4.47. The summed E-state index contributed by atoms with van der Waals surface area (Å²) in [6.07, 6.45) is 6.13. The number of fused-ring (bicyclic) bond motifs is 2. The van der Waals surface area contributed by atoms with Gasteiger partial charge in [0.15, 0.2) is 0 Å². The van der Waals surface area contributed by atoms with Crippen LogP contribution in [0.3, 0.4) is 0 Å². The molecule has 2 heterocycles. The van der Waals surface area contributed by atoms with Crippen LogP contribution in [0, 0.1) is 11.8 Å². The van der Waals surface area contributed by atoms with Crippen molar-refractivity contribution < 1.29 is 5.11 Å². The van der Waals surface area contributed by atoms with Gasteiger partial charge < -0.3 is 5.11 Å². The van der Waals surface area contributed by atoms with Crippen molar-refractivity contribution in [3.63, 3.8) is 0 Å². The van der Waals surface area contributed by atoms with Gasteiger partial charge in [-0.3, -0.25) is 0 Å². The number of hydrogen-bond donors (Lipinski definition) is 1. The number of rotatable bonds is 1. The maximum absolute atomic E-state index is 10.4. The smallest absolute Gasteiger partial charge is 0.0777 e. The van der Waals surface area contributed by atoms with Gasteiger partial charge in [0.05, 0.1) is 5.60 Å². The van der Waals surface area contributed by atoms with E-state index in [0.717, 1.165) is 19.3 Å². The summed E-state index contributed by atoms with van der Waals surface area (Å²) in [6, 6.07) is 0. The summed E-state index contributed by atoms with van der Waals surface area (Å²) in [5, 5.41) is 11.8. The highest BCUT2D eigenvalue weighted by atomic mass is 32.2. The third kappa shape index (κ3) is 2.27. The molecule has 2 saturated heterocycles. The molecule has 0 saturated carbocycles. The molecular formula is C12H18OS. The summed E-state index contributed by atoms with van der Waals surface area (Å²) in [4.78, 5) is 0. The topological polar surface area (TPSA) is 20.2 Å². The lowest BCUT2D eigenvalue weighted by atomic mass is 9.90. The molecule has 0 amide bonds. The minimum atomic E-state index is -0.459. The van der Waals surface area contributed by atoms with Gasteiger partial charge in [-0.1, -0.05) is 6.92 Å². The molecule has 2 fully saturated rings. The molecule has 2 bridgehead atoms. The van der Waals surface area contributed by atoms with Crippen LogP contribution >= 0.6 is 11.8 Å². The van der Waals surface area contributed by atoms with Crippen LogP contribution in [0.5, 0.6) is 0 Å². The van der Waals surface area contributed by atoms with Gasteiger partial charge in [0.1, 0.15) is 0 Å². The molecule has 0 aromatic carbocycles. The van der Waals surface area contributed by atoms with Crippen LogP contribution in [0.25, 0.3) is 0 Å². The lowest BCUT2D eigenvalue weighted by Gasteiger charge is -2.34. The van der Waals surface area contributed by atoms with Crippen LogP contribution in [0.1, 0.15) is 45.4 Å². The Balaban J connectivity index is 1.95. The Morgan fingerprint density at radius 2 is 1.93 bits per heavy atom. The minimum Gasteiger partial charge on any atom is -0.389 e. The van der Waals surface area contributed by atoms with E-state index in [2.05, 4.69) is 30.5 Å². The maximum Gasteiger partial charge on any atom is 0.0777 e. The van der Waals surface area contributed by atoms with Gasteiger partial charge in [0.2, 0.25) is 0 Å². The Bertz CT molecular complexity index is 251. The van der Waals surface area contributed by atoms with Gasteiger partial charge in [-0.25, -0.2) is 0 Å². The predicted molar refractivity (Wildman–Crippen MR) is 61.3 cm³/mol. The molecule has 78 valence electrons. The molecular weight excluding hydrogens is 192 g/mol. The number of aliphatic hydroxyl groups is 1. The normalized spacial score (nSPS) is 40.4. The highest BCUT2D eigenvalue weighted by Gasteiger charge is 2.42. The molecule has 0 aliphatic carbocycles. The zero-order valence-electron chi connectivity index (χ0n) is 8.75. The highest BCUT2D eigenvalue weighted by molar-refractivity contribution is 8.00. The summed E-state index contributed by atoms with van der Waals surface area (Å²) in [6.45, 7) is 2.05. The van der Waals surface area contributed by atoms with Crippen LogP contribution in [0.2, 0.25) is 0 Å². The van der Waals surface area contributed by atoms with Crippen LogP contribution in [0.4, 0.5) is 0 Å². The van der Waals surface area contributed by atoms with E-state index in [1.165, 1.54) is 12.8 Å². The molecule has 2 atom stereocenters. The van der Waals surface area contributed by atoms with E-state index in [0.29, 0.717) is 16.9 Å². The summed E-state index contributed by atoms with van der Waals surface area (Å²) in [5.74, 6) is 6.16. The molecule has 0 spiro atoms. The van der Waals surface area contributed by atoms with Gasteiger partial charge in [-0.2, -0.15) is 11.8 Å². The van der Waals surface area contributed by atoms with Crippen molar-refractivity contribution in [2.75, 3.05) is 0 Å². The zero-order chi connectivity index (χ0) is 10.0. The van der Waals surface area contributed by atoms with Crippen LogP contribution in [-0.4, -0.2) is 21.2 Å². The molecule has 1 nitrogen and oxygen atoms in total. The summed E-state index contributed by atoms with van der Waals surface area (Å²) in [7, 11) is 0. The quantitative estimate of drug-likeness (QED) is 0.671. The minimum absolute atomic E-state index is 0.459. The Morgan fingerprint density at radius 1 is 1.29 bits per heavy atom. The van der Waals surface area contributed by atoms with Crippen molar-refractivity contribution in [1.29, 1.82) is 0 Å². The average Bonchev–Trinajstić information content (AvgIpc) is 2.46. The Hall–Kier alpha value is -0.130. The molecule has 14 heavy (non-hydrogen) atoms. The van der Waals surface area contributed by atoms with E-state index in [9.17, 15) is 5.11 Å². The first-order valence-electron chi connectivity index (χ1n) is 5.55. The maximum atomic E-state index is 10.4. The SMILES string of the molecule is CCC#CCC1(O)CC2CCC(C1)S2. The van der Waals surface area contributed by atoms with Crippen LogP contribution < -0.4 is 0 Å². The molecule has 2 rings (SSSR count). The van der Waals surface area contributed by atoms with Crippen LogP contribution in [-0.2, 0) is 0 Å². The largest absolute Gasteiger partial charge is 0.389 e. The van der Waals surface area contributed by atoms with Crippen molar-refractivity contribution in [3.8, 4) is 11.8 Å². The fourth-order valence-electron chi connectivity index (χ4n) is 2.51. The summed E-state index contributed by atoms with van der Waals surface area (Å²) < 4.78 is 0. The number of hydrogen-bond acceptors (Lipinski definition) is 2. The van der Waals surface area contributed by atoms with E-state index < -0.39 is 5.60 Å². The third-order valence-electron chi connectivity index (χ3n) is 3.13. The fourth-order valence-corrected chi connectivity index (χ4v) is 4.41. The van der Waals surface area contributed by atoms with Crippen molar-refractivity contribution in [3.05, 3.63) is 0 Å². The van der Waals surface area contributed by atoms with Gasteiger partial charge in [0, 0.05) is 23.3 Å². The summed E-state index contributed by atoms with van der Waals surface area (Å²) >= 11 is 2.09. The van der Waals surface area contributed by atoms with E-state index in [-0.39, 0.29) is 0 Å². The molecule has 2 aliphatic rings. The van der Waals surface area contributed by atoms with Gasteiger partial charge >= 0.3 is 0 Å². The Morgan fingerprint density at radius 3 is 2.50 bits per heavy atom. The fraction of sp³-hybridized carbons (Fsp3) is 0.833. The molecule has 2 heteroatoms. The van der Waals surface area contributed by atoms with Crippen LogP contribution in [0.15, 0.2) is 0 Å². The molecule has 0 aromatic heterocycles. The molecule has 1 N–H and O–H groups in total. The lowest BCUT2D eigenvalue weighted by Crippen LogP contribution is -2.36. The highest BCUT2D eigenvalue weighted by Crippen LogP contribution is 2.48. The first-order chi connectivity index (χ1) is 6.72. The average molecular weight is 210 g/mol. The lowest BCUT2D eigenvalue weighted by molar-refractivity contribution is 0.0289. The van der Waals surface area contributed by atoms with E-state index in [1.807, 2.05) is 0 Å². The second kappa shape index (κ2) is 4.16. The standard InChI is InChI=1S/C12H18OS/c1-2-3-4-7-12(13)8-10-5-6-11(9-12)14-10/h10-11,13H,2,5-9H2,1H3. The molecule has 2 unspecified atom stereocenters. The molecule has 2 aliphatic heterocycles. The Kier molecular flexibility index (Phi) is 3.09. The van der Waals surface area contributed by atoms with Gasteiger partial charge in [-0.05, 0) is 25.7 Å². The summed E-state index contributed by atoms with van der Waals surface area (Å²) in [5.41, 5.74) is -0.459. The van der Waals surface area contributed by atoms with E-state index >= 15 is 0 Å². The molecule has 0 aromatic rings. The van der Waals surface area contributed by atoms with Crippen molar-refractivity contribution in [2.24, 2.45) is 0 Å². The van der Waals surface area contributed by atoms with E-state index in [1.54, 1.807) is 0 Å². The predicted octanol–water partition coefficient (Wildman–Crippen LogP) is 2.58. The Labute approximate surface area is 90.7 Å². The zero-order valence-corrected chi connectivity index (χ0v) is 9.57. The number of thioether (sulfide) groups is 1. The molecule has 0 radical (unpaired) electrons.